The first-order chi connectivity index (χ1) is 17.0. The van der Waals surface area contributed by atoms with Gasteiger partial charge in [-0.05, 0) is 62.1 Å². The number of rotatable bonds is 5. The van der Waals surface area contributed by atoms with Gasteiger partial charge in [-0.15, -0.1) is 0 Å². The lowest BCUT2D eigenvalue weighted by atomic mass is 9.95. The van der Waals surface area contributed by atoms with Crippen LogP contribution in [0.25, 0.3) is 11.2 Å². The highest BCUT2D eigenvalue weighted by Gasteiger charge is 2.28. The molecule has 1 aliphatic rings. The molecule has 3 heterocycles. The molecule has 0 saturated carbocycles. The minimum Gasteiger partial charge on any atom is -0.352 e. The quantitative estimate of drug-likeness (QED) is 0.473. The number of fused-ring (bicyclic) bond motifs is 1. The predicted octanol–water partition coefficient (Wildman–Crippen LogP) is 4.31. The average Bonchev–Trinajstić information content (AvgIpc) is 2.87. The Labute approximate surface area is 204 Å². The highest BCUT2D eigenvalue weighted by atomic mass is 16.2. The molecule has 4 aromatic rings. The fourth-order valence-electron chi connectivity index (χ4n) is 4.61. The van der Waals surface area contributed by atoms with E-state index in [1.54, 1.807) is 10.8 Å². The van der Waals surface area contributed by atoms with Gasteiger partial charge in [0.25, 0.3) is 5.56 Å². The Bertz CT molecular complexity index is 1420. The van der Waals surface area contributed by atoms with Gasteiger partial charge in [0.05, 0.1) is 6.54 Å². The molecule has 0 radical (unpaired) electrons. The van der Waals surface area contributed by atoms with E-state index < -0.39 is 0 Å². The molecule has 0 spiro atoms. The number of carbonyl (C=O) groups excluding carboxylic acids is 1. The summed E-state index contributed by atoms with van der Waals surface area (Å²) in [7, 11) is 0. The van der Waals surface area contributed by atoms with Crippen molar-refractivity contribution in [3.05, 3.63) is 93.9 Å². The summed E-state index contributed by atoms with van der Waals surface area (Å²) in [5.41, 5.74) is 5.25. The third kappa shape index (κ3) is 4.94. The molecule has 0 aliphatic carbocycles. The van der Waals surface area contributed by atoms with Crippen LogP contribution in [0.4, 0.5) is 11.5 Å². The maximum atomic E-state index is 13.6. The smallest absolute Gasteiger partial charge is 0.295 e. The van der Waals surface area contributed by atoms with Gasteiger partial charge < -0.3 is 10.2 Å². The van der Waals surface area contributed by atoms with Crippen molar-refractivity contribution in [2.75, 3.05) is 23.3 Å². The zero-order valence-electron chi connectivity index (χ0n) is 20.1. The standard InChI is InChI=1S/C28H29N5O2/c1-19-8-10-21(11-9-19)18-33-25-24(7-4-14-29-25)31-26(28(33)35)32-15-12-22(13-16-32)27(34)30-23-6-3-5-20(2)17-23/h3-11,14,17,22H,12-13,15-16,18H2,1-2H3,(H,30,34). The number of anilines is 2. The SMILES string of the molecule is Cc1ccc(Cn2c(=O)c(N3CCC(C(=O)Nc4cccc(C)c4)CC3)nc3cccnc32)cc1. The Hall–Kier alpha value is -4.00. The molecule has 5 rings (SSSR count). The van der Waals surface area contributed by atoms with Crippen LogP contribution in [0.3, 0.4) is 0 Å². The van der Waals surface area contributed by atoms with Crippen LogP contribution in [0.2, 0.25) is 0 Å². The lowest BCUT2D eigenvalue weighted by Gasteiger charge is -2.32. The summed E-state index contributed by atoms with van der Waals surface area (Å²) >= 11 is 0. The third-order valence-corrected chi connectivity index (χ3v) is 6.60. The topological polar surface area (TPSA) is 80.1 Å². The van der Waals surface area contributed by atoms with Crippen LogP contribution in [0.5, 0.6) is 0 Å². The van der Waals surface area contributed by atoms with Crippen LogP contribution in [0, 0.1) is 19.8 Å². The van der Waals surface area contributed by atoms with Crippen LogP contribution in [-0.2, 0) is 11.3 Å². The molecule has 0 atom stereocenters. The van der Waals surface area contributed by atoms with Gasteiger partial charge in [0.2, 0.25) is 5.91 Å². The first-order valence-corrected chi connectivity index (χ1v) is 12.0. The molecular weight excluding hydrogens is 438 g/mol. The summed E-state index contributed by atoms with van der Waals surface area (Å²) in [6.07, 6.45) is 3.02. The van der Waals surface area contributed by atoms with Gasteiger partial charge in [0.1, 0.15) is 5.52 Å². The number of amides is 1. The Kier molecular flexibility index (Phi) is 6.31. The molecule has 7 heteroatoms. The van der Waals surface area contributed by atoms with E-state index in [9.17, 15) is 9.59 Å². The first-order valence-electron chi connectivity index (χ1n) is 12.0. The first kappa shape index (κ1) is 22.8. The summed E-state index contributed by atoms with van der Waals surface area (Å²) in [4.78, 5) is 37.6. The van der Waals surface area contributed by atoms with E-state index in [0.717, 1.165) is 16.8 Å². The van der Waals surface area contributed by atoms with Crippen LogP contribution in [0.15, 0.2) is 71.7 Å². The van der Waals surface area contributed by atoms with Gasteiger partial charge in [-0.1, -0.05) is 42.0 Å². The number of pyridine rings is 1. The number of aryl methyl sites for hydroxylation is 2. The van der Waals surface area contributed by atoms with Gasteiger partial charge in [-0.3, -0.25) is 14.2 Å². The zero-order chi connectivity index (χ0) is 24.4. The number of carbonyl (C=O) groups is 1. The molecule has 2 aromatic carbocycles. The van der Waals surface area contributed by atoms with Gasteiger partial charge in [-0.2, -0.15) is 0 Å². The fraction of sp³-hybridized carbons (Fsp3) is 0.286. The Morgan fingerprint density at radius 3 is 2.51 bits per heavy atom. The second-order valence-electron chi connectivity index (χ2n) is 9.28. The molecule has 0 unspecified atom stereocenters. The van der Waals surface area contributed by atoms with E-state index in [0.29, 0.717) is 49.5 Å². The molecule has 7 nitrogen and oxygen atoms in total. The molecule has 35 heavy (non-hydrogen) atoms. The summed E-state index contributed by atoms with van der Waals surface area (Å²) in [5.74, 6) is 0.363. The molecular formula is C28H29N5O2. The largest absolute Gasteiger partial charge is 0.352 e. The van der Waals surface area contributed by atoms with Crippen molar-refractivity contribution < 1.29 is 4.79 Å². The highest BCUT2D eigenvalue weighted by Crippen LogP contribution is 2.23. The lowest BCUT2D eigenvalue weighted by molar-refractivity contribution is -0.120. The van der Waals surface area contributed by atoms with Gasteiger partial charge >= 0.3 is 0 Å². The highest BCUT2D eigenvalue weighted by molar-refractivity contribution is 5.92. The average molecular weight is 468 g/mol. The fourth-order valence-corrected chi connectivity index (χ4v) is 4.61. The Morgan fingerprint density at radius 1 is 1.00 bits per heavy atom. The number of piperidine rings is 1. The van der Waals surface area contributed by atoms with Gasteiger partial charge in [0, 0.05) is 30.9 Å². The third-order valence-electron chi connectivity index (χ3n) is 6.60. The summed E-state index contributed by atoms with van der Waals surface area (Å²) in [5, 5.41) is 3.04. The van der Waals surface area contributed by atoms with Gasteiger partial charge in [-0.25, -0.2) is 9.97 Å². The second-order valence-corrected chi connectivity index (χ2v) is 9.28. The van der Waals surface area contributed by atoms with Crippen LogP contribution in [-0.4, -0.2) is 33.5 Å². The lowest BCUT2D eigenvalue weighted by Crippen LogP contribution is -2.42. The van der Waals surface area contributed by atoms with E-state index in [-0.39, 0.29) is 17.4 Å². The molecule has 178 valence electrons. The molecule has 1 N–H and O–H groups in total. The molecule has 1 aliphatic heterocycles. The molecule has 0 bridgehead atoms. The van der Waals surface area contributed by atoms with Crippen molar-refractivity contribution in [1.82, 2.24) is 14.5 Å². The molecule has 2 aromatic heterocycles. The van der Waals surface area contributed by atoms with Crippen molar-refractivity contribution in [3.63, 3.8) is 0 Å². The number of aromatic nitrogens is 3. The van der Waals surface area contributed by atoms with Crippen molar-refractivity contribution in [2.24, 2.45) is 5.92 Å². The number of nitrogens with one attached hydrogen (secondary N) is 1. The molecule has 1 amide bonds. The summed E-state index contributed by atoms with van der Waals surface area (Å²) in [6, 6.07) is 19.7. The monoisotopic (exact) mass is 467 g/mol. The maximum absolute atomic E-state index is 13.6. The van der Waals surface area contributed by atoms with E-state index in [1.165, 1.54) is 5.56 Å². The van der Waals surface area contributed by atoms with E-state index in [2.05, 4.69) is 10.3 Å². The Balaban J connectivity index is 1.36. The van der Waals surface area contributed by atoms with Crippen molar-refractivity contribution >= 4 is 28.6 Å². The molecule has 1 saturated heterocycles. The van der Waals surface area contributed by atoms with Crippen molar-refractivity contribution in [1.29, 1.82) is 0 Å². The molecule has 1 fully saturated rings. The van der Waals surface area contributed by atoms with Crippen LogP contribution < -0.4 is 15.8 Å². The van der Waals surface area contributed by atoms with Crippen molar-refractivity contribution in [2.45, 2.75) is 33.2 Å². The number of hydrogen-bond donors (Lipinski definition) is 1. The number of nitrogens with zero attached hydrogens (tertiary/aromatic N) is 4. The Morgan fingerprint density at radius 2 is 1.77 bits per heavy atom. The normalized spacial score (nSPS) is 14.3. The van der Waals surface area contributed by atoms with E-state index in [4.69, 9.17) is 4.98 Å². The van der Waals surface area contributed by atoms with Crippen molar-refractivity contribution in [3.8, 4) is 0 Å². The number of hydrogen-bond acceptors (Lipinski definition) is 5. The summed E-state index contributed by atoms with van der Waals surface area (Å²) in [6.45, 7) is 5.68. The van der Waals surface area contributed by atoms with E-state index >= 15 is 0 Å². The van der Waals surface area contributed by atoms with Gasteiger partial charge in [0.15, 0.2) is 11.5 Å². The zero-order valence-corrected chi connectivity index (χ0v) is 20.1. The maximum Gasteiger partial charge on any atom is 0.295 e. The van der Waals surface area contributed by atoms with E-state index in [1.807, 2.05) is 79.4 Å². The number of benzene rings is 2. The predicted molar refractivity (Wildman–Crippen MR) is 139 cm³/mol. The summed E-state index contributed by atoms with van der Waals surface area (Å²) < 4.78 is 1.71. The minimum atomic E-state index is -0.153. The second kappa shape index (κ2) is 9.70. The van der Waals surface area contributed by atoms with Crippen LogP contribution >= 0.6 is 0 Å². The minimum absolute atomic E-state index is 0.0303. The van der Waals surface area contributed by atoms with Crippen LogP contribution in [0.1, 0.15) is 29.5 Å².